The molecular formula is C14H27N3O. The summed E-state index contributed by atoms with van der Waals surface area (Å²) in [4.78, 5) is 14.1. The highest BCUT2D eigenvalue weighted by Crippen LogP contribution is 2.32. The molecule has 1 unspecified atom stereocenters. The predicted octanol–water partition coefficient (Wildman–Crippen LogP) is 1.10. The highest BCUT2D eigenvalue weighted by molar-refractivity contribution is 5.76. The van der Waals surface area contributed by atoms with Gasteiger partial charge in [-0.15, -0.1) is 0 Å². The SMILES string of the molecule is CN(CCNC(=O)CC(N)C1CC1)C1CCCC1. The van der Waals surface area contributed by atoms with Crippen LogP contribution in [-0.2, 0) is 4.79 Å². The molecule has 4 nitrogen and oxygen atoms in total. The molecule has 2 fully saturated rings. The third kappa shape index (κ3) is 4.25. The summed E-state index contributed by atoms with van der Waals surface area (Å²) >= 11 is 0. The smallest absolute Gasteiger partial charge is 0.221 e. The monoisotopic (exact) mass is 253 g/mol. The van der Waals surface area contributed by atoms with E-state index in [0.717, 1.165) is 19.1 Å². The average Bonchev–Trinajstić information content (AvgIpc) is 3.04. The number of nitrogens with one attached hydrogen (secondary N) is 1. The minimum Gasteiger partial charge on any atom is -0.355 e. The van der Waals surface area contributed by atoms with Crippen molar-refractivity contribution in [1.29, 1.82) is 0 Å². The van der Waals surface area contributed by atoms with Crippen LogP contribution in [0.25, 0.3) is 0 Å². The summed E-state index contributed by atoms with van der Waals surface area (Å²) < 4.78 is 0. The maximum atomic E-state index is 11.7. The Balaban J connectivity index is 1.54. The van der Waals surface area contributed by atoms with E-state index in [1.165, 1.54) is 38.5 Å². The number of rotatable bonds is 7. The summed E-state index contributed by atoms with van der Waals surface area (Å²) in [6.07, 6.45) is 8.26. The van der Waals surface area contributed by atoms with Crippen molar-refractivity contribution in [3.05, 3.63) is 0 Å². The molecule has 3 N–H and O–H groups in total. The lowest BCUT2D eigenvalue weighted by Gasteiger charge is -2.24. The standard InChI is InChI=1S/C14H27N3O/c1-17(12-4-2-3-5-12)9-8-16-14(18)10-13(15)11-6-7-11/h11-13H,2-10,15H2,1H3,(H,16,18). The molecule has 1 atom stereocenters. The molecule has 0 aromatic carbocycles. The Kier molecular flexibility index (Phi) is 5.01. The number of carbonyl (C=O) groups excluding carboxylic acids is 1. The van der Waals surface area contributed by atoms with E-state index < -0.39 is 0 Å². The molecule has 0 radical (unpaired) electrons. The molecule has 0 spiro atoms. The molecule has 2 aliphatic rings. The summed E-state index contributed by atoms with van der Waals surface area (Å²) in [5.41, 5.74) is 5.94. The number of hydrogen-bond donors (Lipinski definition) is 2. The van der Waals surface area contributed by atoms with Gasteiger partial charge >= 0.3 is 0 Å². The second kappa shape index (κ2) is 6.53. The second-order valence-corrected chi connectivity index (χ2v) is 5.97. The molecule has 0 heterocycles. The summed E-state index contributed by atoms with van der Waals surface area (Å²) in [6.45, 7) is 1.71. The predicted molar refractivity (Wildman–Crippen MR) is 73.2 cm³/mol. The minimum atomic E-state index is 0.0811. The molecule has 0 aliphatic heterocycles. The van der Waals surface area contributed by atoms with Crippen molar-refractivity contribution in [2.24, 2.45) is 11.7 Å². The Morgan fingerprint density at radius 1 is 1.33 bits per heavy atom. The van der Waals surface area contributed by atoms with Crippen molar-refractivity contribution in [2.75, 3.05) is 20.1 Å². The van der Waals surface area contributed by atoms with Crippen molar-refractivity contribution < 1.29 is 4.79 Å². The van der Waals surface area contributed by atoms with Crippen molar-refractivity contribution in [3.63, 3.8) is 0 Å². The molecule has 0 bridgehead atoms. The van der Waals surface area contributed by atoms with Crippen LogP contribution in [-0.4, -0.2) is 43.0 Å². The van der Waals surface area contributed by atoms with Crippen LogP contribution >= 0.6 is 0 Å². The van der Waals surface area contributed by atoms with Crippen LogP contribution in [0.5, 0.6) is 0 Å². The van der Waals surface area contributed by atoms with Crippen LogP contribution in [0.4, 0.5) is 0 Å². The number of likely N-dealkylation sites (N-methyl/N-ethyl adjacent to an activating group) is 1. The topological polar surface area (TPSA) is 58.4 Å². The van der Waals surface area contributed by atoms with Gasteiger partial charge in [0.25, 0.3) is 0 Å². The van der Waals surface area contributed by atoms with Crippen molar-refractivity contribution in [1.82, 2.24) is 10.2 Å². The van der Waals surface area contributed by atoms with Gasteiger partial charge < -0.3 is 16.0 Å². The molecule has 104 valence electrons. The summed E-state index contributed by atoms with van der Waals surface area (Å²) in [6, 6.07) is 0.813. The van der Waals surface area contributed by atoms with E-state index in [1.54, 1.807) is 0 Å². The number of nitrogens with two attached hydrogens (primary N) is 1. The van der Waals surface area contributed by atoms with Gasteiger partial charge in [0.2, 0.25) is 5.91 Å². The van der Waals surface area contributed by atoms with Crippen molar-refractivity contribution in [3.8, 4) is 0 Å². The zero-order chi connectivity index (χ0) is 13.0. The molecular weight excluding hydrogens is 226 g/mol. The molecule has 0 aromatic rings. The van der Waals surface area contributed by atoms with E-state index in [1.807, 2.05) is 0 Å². The van der Waals surface area contributed by atoms with Gasteiger partial charge in [0.15, 0.2) is 0 Å². The van der Waals surface area contributed by atoms with Gasteiger partial charge in [-0.1, -0.05) is 12.8 Å². The first-order valence-corrected chi connectivity index (χ1v) is 7.39. The lowest BCUT2D eigenvalue weighted by molar-refractivity contribution is -0.121. The number of carbonyl (C=O) groups is 1. The maximum Gasteiger partial charge on any atom is 0.221 e. The number of amides is 1. The summed E-state index contributed by atoms with van der Waals surface area (Å²) in [5.74, 6) is 0.728. The Labute approximate surface area is 110 Å². The van der Waals surface area contributed by atoms with E-state index in [-0.39, 0.29) is 11.9 Å². The Bertz CT molecular complexity index is 272. The molecule has 0 saturated heterocycles. The fraction of sp³-hybridized carbons (Fsp3) is 0.929. The third-order valence-corrected chi connectivity index (χ3v) is 4.38. The fourth-order valence-electron chi connectivity index (χ4n) is 2.88. The van der Waals surface area contributed by atoms with E-state index in [0.29, 0.717) is 12.3 Å². The highest BCUT2D eigenvalue weighted by atomic mass is 16.1. The first kappa shape index (κ1) is 13.8. The van der Waals surface area contributed by atoms with Gasteiger partial charge in [0.1, 0.15) is 0 Å². The maximum absolute atomic E-state index is 11.7. The number of nitrogens with zero attached hydrogens (tertiary/aromatic N) is 1. The van der Waals surface area contributed by atoms with Gasteiger partial charge in [0, 0.05) is 31.6 Å². The van der Waals surface area contributed by atoms with Gasteiger partial charge in [-0.3, -0.25) is 4.79 Å². The van der Waals surface area contributed by atoms with Gasteiger partial charge in [-0.05, 0) is 38.6 Å². The van der Waals surface area contributed by atoms with Gasteiger partial charge in [-0.25, -0.2) is 0 Å². The van der Waals surface area contributed by atoms with Crippen LogP contribution in [0.3, 0.4) is 0 Å². The molecule has 18 heavy (non-hydrogen) atoms. The zero-order valence-corrected chi connectivity index (χ0v) is 11.5. The van der Waals surface area contributed by atoms with Crippen LogP contribution in [0, 0.1) is 5.92 Å². The van der Waals surface area contributed by atoms with Crippen molar-refractivity contribution >= 4 is 5.91 Å². The largest absolute Gasteiger partial charge is 0.355 e. The molecule has 2 saturated carbocycles. The molecule has 1 amide bonds. The van der Waals surface area contributed by atoms with E-state index in [9.17, 15) is 4.79 Å². The van der Waals surface area contributed by atoms with Gasteiger partial charge in [-0.2, -0.15) is 0 Å². The van der Waals surface area contributed by atoms with Crippen LogP contribution < -0.4 is 11.1 Å². The quantitative estimate of drug-likeness (QED) is 0.714. The fourth-order valence-corrected chi connectivity index (χ4v) is 2.88. The second-order valence-electron chi connectivity index (χ2n) is 5.97. The first-order chi connectivity index (χ1) is 8.66. The lowest BCUT2D eigenvalue weighted by atomic mass is 10.1. The van der Waals surface area contributed by atoms with E-state index >= 15 is 0 Å². The van der Waals surface area contributed by atoms with Crippen LogP contribution in [0.1, 0.15) is 44.9 Å². The summed E-state index contributed by atoms with van der Waals surface area (Å²) in [7, 11) is 2.16. The van der Waals surface area contributed by atoms with E-state index in [4.69, 9.17) is 5.73 Å². The van der Waals surface area contributed by atoms with Gasteiger partial charge in [0.05, 0.1) is 0 Å². The van der Waals surface area contributed by atoms with Crippen LogP contribution in [0.15, 0.2) is 0 Å². The molecule has 0 aromatic heterocycles. The zero-order valence-electron chi connectivity index (χ0n) is 11.5. The van der Waals surface area contributed by atoms with Crippen molar-refractivity contribution in [2.45, 2.75) is 57.0 Å². The Morgan fingerprint density at radius 3 is 2.61 bits per heavy atom. The number of hydrogen-bond acceptors (Lipinski definition) is 3. The molecule has 4 heteroatoms. The normalized spacial score (nSPS) is 22.4. The third-order valence-electron chi connectivity index (χ3n) is 4.38. The molecule has 2 rings (SSSR count). The average molecular weight is 253 g/mol. The summed E-state index contributed by atoms with van der Waals surface area (Å²) in [5, 5.41) is 2.99. The van der Waals surface area contributed by atoms with Crippen LogP contribution in [0.2, 0.25) is 0 Å². The first-order valence-electron chi connectivity index (χ1n) is 7.39. The highest BCUT2D eigenvalue weighted by Gasteiger charge is 2.29. The molecule has 2 aliphatic carbocycles. The minimum absolute atomic E-state index is 0.0811. The van der Waals surface area contributed by atoms with E-state index in [2.05, 4.69) is 17.3 Å². The Morgan fingerprint density at radius 2 is 2.00 bits per heavy atom. The Hall–Kier alpha value is -0.610. The lowest BCUT2D eigenvalue weighted by Crippen LogP contribution is -2.39.